The van der Waals surface area contributed by atoms with Gasteiger partial charge in [0.2, 0.25) is 9.84 Å². The highest BCUT2D eigenvalue weighted by molar-refractivity contribution is 7.92. The SMILES string of the molecule is Nc1cccc(N)c1S(=O)(=O)c1cc([N+](=O)[O-])ccc1[N+](=O)[O-]. The van der Waals surface area contributed by atoms with Crippen molar-refractivity contribution in [2.45, 2.75) is 9.79 Å². The molecule has 0 unspecified atom stereocenters. The van der Waals surface area contributed by atoms with E-state index in [9.17, 15) is 28.6 Å². The topological polar surface area (TPSA) is 172 Å². The molecule has 2 aromatic rings. The maximum atomic E-state index is 12.7. The molecule has 0 saturated carbocycles. The minimum atomic E-state index is -4.53. The third kappa shape index (κ3) is 2.76. The predicted octanol–water partition coefficient (Wildman–Crippen LogP) is 1.50. The van der Waals surface area contributed by atoms with Gasteiger partial charge in [-0.05, 0) is 12.1 Å². The van der Waals surface area contributed by atoms with Gasteiger partial charge in [0.1, 0.15) is 4.90 Å². The number of anilines is 2. The Morgan fingerprint density at radius 3 is 1.96 bits per heavy atom. The number of nitro benzene ring substituents is 2. The van der Waals surface area contributed by atoms with Crippen LogP contribution in [0.5, 0.6) is 0 Å². The molecule has 0 amide bonds. The fraction of sp³-hybridized carbons (Fsp3) is 0. The summed E-state index contributed by atoms with van der Waals surface area (Å²) >= 11 is 0. The second-order valence-electron chi connectivity index (χ2n) is 4.44. The number of non-ortho nitro benzene ring substituents is 1. The van der Waals surface area contributed by atoms with Gasteiger partial charge in [-0.25, -0.2) is 8.42 Å². The molecule has 0 bridgehead atoms. The van der Waals surface area contributed by atoms with Crippen molar-refractivity contribution in [3.8, 4) is 0 Å². The Labute approximate surface area is 129 Å². The van der Waals surface area contributed by atoms with E-state index in [1.807, 2.05) is 0 Å². The van der Waals surface area contributed by atoms with Gasteiger partial charge in [-0.15, -0.1) is 0 Å². The fourth-order valence-electron chi connectivity index (χ4n) is 1.98. The van der Waals surface area contributed by atoms with E-state index in [1.54, 1.807) is 0 Å². The summed E-state index contributed by atoms with van der Waals surface area (Å²) in [6.07, 6.45) is 0. The molecule has 0 aromatic heterocycles. The number of nitrogens with zero attached hydrogens (tertiary/aromatic N) is 2. The number of hydrogen-bond acceptors (Lipinski definition) is 8. The van der Waals surface area contributed by atoms with Gasteiger partial charge in [-0.3, -0.25) is 20.2 Å². The quantitative estimate of drug-likeness (QED) is 0.479. The lowest BCUT2D eigenvalue weighted by Crippen LogP contribution is -2.11. The van der Waals surface area contributed by atoms with E-state index in [0.29, 0.717) is 6.07 Å². The van der Waals surface area contributed by atoms with Gasteiger partial charge in [0.05, 0.1) is 21.2 Å². The van der Waals surface area contributed by atoms with E-state index < -0.39 is 40.8 Å². The molecule has 0 fully saturated rings. The van der Waals surface area contributed by atoms with E-state index in [1.165, 1.54) is 18.2 Å². The first-order chi connectivity index (χ1) is 10.7. The van der Waals surface area contributed by atoms with Crippen LogP contribution >= 0.6 is 0 Å². The zero-order valence-corrected chi connectivity index (χ0v) is 12.2. The lowest BCUT2D eigenvalue weighted by atomic mass is 10.3. The van der Waals surface area contributed by atoms with Gasteiger partial charge >= 0.3 is 0 Å². The van der Waals surface area contributed by atoms with Crippen LogP contribution in [0.25, 0.3) is 0 Å². The molecule has 120 valence electrons. The van der Waals surface area contributed by atoms with Crippen LogP contribution < -0.4 is 11.5 Å². The zero-order chi connectivity index (χ0) is 17.4. The molecular weight excluding hydrogens is 328 g/mol. The first-order valence-corrected chi connectivity index (χ1v) is 7.46. The van der Waals surface area contributed by atoms with Crippen LogP contribution in [0.4, 0.5) is 22.7 Å². The molecule has 23 heavy (non-hydrogen) atoms. The van der Waals surface area contributed by atoms with Crippen LogP contribution in [0, 0.1) is 20.2 Å². The van der Waals surface area contributed by atoms with Gasteiger partial charge in [-0.2, -0.15) is 0 Å². The molecule has 2 aromatic carbocycles. The molecule has 0 saturated heterocycles. The summed E-state index contributed by atoms with van der Waals surface area (Å²) in [4.78, 5) is 18.7. The highest BCUT2D eigenvalue weighted by Crippen LogP contribution is 2.36. The number of benzene rings is 2. The summed E-state index contributed by atoms with van der Waals surface area (Å²) in [6, 6.07) is 6.12. The van der Waals surface area contributed by atoms with Crippen molar-refractivity contribution < 1.29 is 18.3 Å². The number of nitro groups is 2. The Morgan fingerprint density at radius 2 is 1.48 bits per heavy atom. The molecule has 0 aliphatic rings. The summed E-state index contributed by atoms with van der Waals surface area (Å²) < 4.78 is 25.4. The normalized spacial score (nSPS) is 11.1. The summed E-state index contributed by atoms with van der Waals surface area (Å²) in [5.74, 6) is 0. The Bertz CT molecular complexity index is 905. The molecule has 4 N–H and O–H groups in total. The standard InChI is InChI=1S/C12H10N4O6S/c13-8-2-1-3-9(14)12(8)23(21,22)11-6-7(15(17)18)4-5-10(11)16(19)20/h1-6H,13-14H2. The van der Waals surface area contributed by atoms with E-state index in [-0.39, 0.29) is 11.4 Å². The van der Waals surface area contributed by atoms with Gasteiger partial charge in [-0.1, -0.05) is 6.07 Å². The molecule has 2 rings (SSSR count). The van der Waals surface area contributed by atoms with Gasteiger partial charge in [0.25, 0.3) is 11.4 Å². The van der Waals surface area contributed by atoms with Gasteiger partial charge in [0.15, 0.2) is 4.90 Å². The molecular formula is C12H10N4O6S. The number of nitrogen functional groups attached to an aromatic ring is 2. The third-order valence-corrected chi connectivity index (χ3v) is 4.90. The van der Waals surface area contributed by atoms with E-state index >= 15 is 0 Å². The second-order valence-corrected chi connectivity index (χ2v) is 6.29. The first-order valence-electron chi connectivity index (χ1n) is 5.98. The molecule has 0 spiro atoms. The summed E-state index contributed by atoms with van der Waals surface area (Å²) in [6.45, 7) is 0. The number of rotatable bonds is 4. The largest absolute Gasteiger partial charge is 0.398 e. The number of nitrogens with two attached hydrogens (primary N) is 2. The minimum absolute atomic E-state index is 0.217. The number of sulfone groups is 1. The average molecular weight is 338 g/mol. The lowest BCUT2D eigenvalue weighted by Gasteiger charge is -2.10. The van der Waals surface area contributed by atoms with Crippen molar-refractivity contribution in [3.63, 3.8) is 0 Å². The highest BCUT2D eigenvalue weighted by Gasteiger charge is 2.32. The van der Waals surface area contributed by atoms with Crippen molar-refractivity contribution in [1.82, 2.24) is 0 Å². The number of hydrogen-bond donors (Lipinski definition) is 2. The summed E-state index contributed by atoms with van der Waals surface area (Å²) in [5.41, 5.74) is 9.36. The maximum Gasteiger partial charge on any atom is 0.288 e. The Kier molecular flexibility index (Phi) is 3.89. The lowest BCUT2D eigenvalue weighted by molar-refractivity contribution is -0.391. The molecule has 0 radical (unpaired) electrons. The van der Waals surface area contributed by atoms with E-state index in [4.69, 9.17) is 11.5 Å². The molecule has 0 aliphatic heterocycles. The smallest absolute Gasteiger partial charge is 0.288 e. The third-order valence-electron chi connectivity index (χ3n) is 2.99. The molecule has 11 heteroatoms. The van der Waals surface area contributed by atoms with Crippen molar-refractivity contribution in [2.24, 2.45) is 0 Å². The first kappa shape index (κ1) is 16.2. The zero-order valence-electron chi connectivity index (χ0n) is 11.4. The fourth-order valence-corrected chi connectivity index (χ4v) is 3.65. The molecule has 0 aliphatic carbocycles. The second kappa shape index (κ2) is 5.53. The highest BCUT2D eigenvalue weighted by atomic mass is 32.2. The maximum absolute atomic E-state index is 12.7. The minimum Gasteiger partial charge on any atom is -0.398 e. The van der Waals surface area contributed by atoms with Crippen molar-refractivity contribution in [3.05, 3.63) is 56.6 Å². The van der Waals surface area contributed by atoms with Crippen LogP contribution in [0.3, 0.4) is 0 Å². The predicted molar refractivity (Wildman–Crippen MR) is 80.5 cm³/mol. The van der Waals surface area contributed by atoms with Crippen molar-refractivity contribution in [1.29, 1.82) is 0 Å². The summed E-state index contributed by atoms with van der Waals surface area (Å²) in [5, 5.41) is 21.9. The van der Waals surface area contributed by atoms with E-state index in [2.05, 4.69) is 0 Å². The Morgan fingerprint density at radius 1 is 0.913 bits per heavy atom. The van der Waals surface area contributed by atoms with Crippen LogP contribution in [0.2, 0.25) is 0 Å². The van der Waals surface area contributed by atoms with Crippen LogP contribution in [-0.2, 0) is 9.84 Å². The van der Waals surface area contributed by atoms with Crippen LogP contribution in [-0.4, -0.2) is 18.3 Å². The van der Waals surface area contributed by atoms with E-state index in [0.717, 1.165) is 12.1 Å². The average Bonchev–Trinajstić information content (AvgIpc) is 2.46. The van der Waals surface area contributed by atoms with Gasteiger partial charge in [0, 0.05) is 18.2 Å². The molecule has 0 heterocycles. The monoisotopic (exact) mass is 338 g/mol. The van der Waals surface area contributed by atoms with Gasteiger partial charge < -0.3 is 11.5 Å². The Balaban J connectivity index is 2.85. The van der Waals surface area contributed by atoms with Crippen molar-refractivity contribution in [2.75, 3.05) is 11.5 Å². The van der Waals surface area contributed by atoms with Crippen LogP contribution in [0.1, 0.15) is 0 Å². The molecule has 0 atom stereocenters. The van der Waals surface area contributed by atoms with Crippen molar-refractivity contribution >= 4 is 32.6 Å². The molecule has 10 nitrogen and oxygen atoms in total. The van der Waals surface area contributed by atoms with Crippen LogP contribution in [0.15, 0.2) is 46.2 Å². The summed E-state index contributed by atoms with van der Waals surface area (Å²) in [7, 11) is -4.53. The Hall–Kier alpha value is -3.21.